The number of fused-ring (bicyclic) bond motifs is 2. The Morgan fingerprint density at radius 3 is 2.19 bits per heavy atom. The van der Waals surface area contributed by atoms with Gasteiger partial charge in [0.2, 0.25) is 24.5 Å². The zero-order valence-electron chi connectivity index (χ0n) is 23.4. The average Bonchev–Trinajstić information content (AvgIpc) is 3.27. The number of amides is 3. The summed E-state index contributed by atoms with van der Waals surface area (Å²) >= 11 is 1.31. The summed E-state index contributed by atoms with van der Waals surface area (Å²) in [6, 6.07) is 4.33. The SMILES string of the molecule is CC1(C)S[C@@H]2C(NC(=O)C(N)c3ccccc3)C(=O)N2[C@H]1C(=O)OCOC(=O)[C@@H]1N2C(=O)[C@H](CN)[C@H]2S(=O)(=O)C1(C)C. The van der Waals surface area contributed by atoms with E-state index in [2.05, 4.69) is 5.32 Å². The smallest absolute Gasteiger partial charge is 0.333 e. The van der Waals surface area contributed by atoms with Gasteiger partial charge in [0.1, 0.15) is 34.9 Å². The first-order valence-corrected chi connectivity index (χ1v) is 15.7. The van der Waals surface area contributed by atoms with E-state index < -0.39 is 96.6 Å². The highest BCUT2D eigenvalue weighted by Gasteiger charge is 2.72. The third kappa shape index (κ3) is 4.29. The maximum absolute atomic E-state index is 13.1. The van der Waals surface area contributed by atoms with E-state index in [-0.39, 0.29) is 6.54 Å². The van der Waals surface area contributed by atoms with Gasteiger partial charge in [0.05, 0.1) is 10.7 Å². The number of ether oxygens (including phenoxy) is 2. The number of esters is 2. The van der Waals surface area contributed by atoms with Crippen LogP contribution in [-0.2, 0) is 43.3 Å². The number of carbonyl (C=O) groups is 5. The van der Waals surface area contributed by atoms with E-state index in [4.69, 9.17) is 20.9 Å². The average molecular weight is 624 g/mol. The molecule has 0 spiro atoms. The van der Waals surface area contributed by atoms with Gasteiger partial charge in [-0.3, -0.25) is 14.4 Å². The summed E-state index contributed by atoms with van der Waals surface area (Å²) in [6.45, 7) is 5.11. The molecule has 5 N–H and O–H groups in total. The number of nitrogens with one attached hydrogen (secondary N) is 1. The molecule has 0 aromatic heterocycles. The van der Waals surface area contributed by atoms with Crippen LogP contribution in [0.1, 0.15) is 39.3 Å². The summed E-state index contributed by atoms with van der Waals surface area (Å²) < 4.78 is 33.9. The molecule has 42 heavy (non-hydrogen) atoms. The van der Waals surface area contributed by atoms with Crippen molar-refractivity contribution in [3.8, 4) is 0 Å². The van der Waals surface area contributed by atoms with Crippen LogP contribution in [-0.4, -0.2) is 99.6 Å². The van der Waals surface area contributed by atoms with E-state index >= 15 is 0 Å². The number of β-lactam (4-membered cyclic amide) rings is 2. The molecule has 7 atom stereocenters. The molecule has 1 aromatic carbocycles. The van der Waals surface area contributed by atoms with Crippen molar-refractivity contribution in [2.24, 2.45) is 17.4 Å². The van der Waals surface area contributed by atoms with Crippen LogP contribution in [0.4, 0.5) is 0 Å². The van der Waals surface area contributed by atoms with Gasteiger partial charge in [0.15, 0.2) is 9.84 Å². The van der Waals surface area contributed by atoms with Crippen LogP contribution in [0, 0.1) is 5.92 Å². The second kappa shape index (κ2) is 10.2. The molecule has 4 aliphatic heterocycles. The Morgan fingerprint density at radius 1 is 1.00 bits per heavy atom. The van der Waals surface area contributed by atoms with Gasteiger partial charge in [-0.15, -0.1) is 11.8 Å². The Hall–Kier alpha value is -3.21. The van der Waals surface area contributed by atoms with Crippen LogP contribution in [0.5, 0.6) is 0 Å². The van der Waals surface area contributed by atoms with Crippen LogP contribution < -0.4 is 16.8 Å². The first kappa shape index (κ1) is 30.3. The molecule has 2 unspecified atom stereocenters. The lowest BCUT2D eigenvalue weighted by Crippen LogP contribution is -2.71. The summed E-state index contributed by atoms with van der Waals surface area (Å²) in [6.07, 6.45) is 0. The molecular formula is C26H33N5O9S2. The summed E-state index contributed by atoms with van der Waals surface area (Å²) in [4.78, 5) is 66.7. The molecular weight excluding hydrogens is 590 g/mol. The fourth-order valence-electron chi connectivity index (χ4n) is 6.09. The van der Waals surface area contributed by atoms with E-state index in [9.17, 15) is 32.4 Å². The molecule has 4 heterocycles. The second-order valence-corrected chi connectivity index (χ2v) is 16.1. The highest BCUT2D eigenvalue weighted by molar-refractivity contribution is 8.01. The van der Waals surface area contributed by atoms with Crippen molar-refractivity contribution in [3.63, 3.8) is 0 Å². The molecule has 3 amide bonds. The van der Waals surface area contributed by atoms with Gasteiger partial charge >= 0.3 is 11.9 Å². The lowest BCUT2D eigenvalue weighted by molar-refractivity contribution is -0.182. The van der Waals surface area contributed by atoms with Gasteiger partial charge in [-0.2, -0.15) is 0 Å². The van der Waals surface area contributed by atoms with Crippen LogP contribution in [0.15, 0.2) is 30.3 Å². The number of thioether (sulfide) groups is 1. The number of carbonyl (C=O) groups excluding carboxylic acids is 5. The van der Waals surface area contributed by atoms with Gasteiger partial charge in [-0.05, 0) is 33.3 Å². The van der Waals surface area contributed by atoms with Crippen molar-refractivity contribution in [3.05, 3.63) is 35.9 Å². The Balaban J connectivity index is 1.20. The number of sulfone groups is 1. The van der Waals surface area contributed by atoms with Crippen LogP contribution in [0.3, 0.4) is 0 Å². The van der Waals surface area contributed by atoms with Crippen LogP contribution in [0.25, 0.3) is 0 Å². The Labute approximate surface area is 246 Å². The molecule has 4 aliphatic rings. The predicted molar refractivity (Wildman–Crippen MR) is 148 cm³/mol. The minimum atomic E-state index is -3.94. The van der Waals surface area contributed by atoms with Gasteiger partial charge in [0, 0.05) is 11.3 Å². The molecule has 0 aliphatic carbocycles. The first-order valence-electron chi connectivity index (χ1n) is 13.3. The van der Waals surface area contributed by atoms with Crippen LogP contribution >= 0.6 is 11.8 Å². The lowest BCUT2D eigenvalue weighted by Gasteiger charge is -2.44. The zero-order chi connectivity index (χ0) is 30.9. The van der Waals surface area contributed by atoms with Gasteiger partial charge < -0.3 is 36.1 Å². The number of nitrogens with two attached hydrogens (primary N) is 2. The summed E-state index contributed by atoms with van der Waals surface area (Å²) in [5.41, 5.74) is 12.2. The third-order valence-electron chi connectivity index (χ3n) is 8.46. The maximum atomic E-state index is 13.1. The molecule has 0 bridgehead atoms. The van der Waals surface area contributed by atoms with Gasteiger partial charge in [-0.1, -0.05) is 30.3 Å². The monoisotopic (exact) mass is 623 g/mol. The summed E-state index contributed by atoms with van der Waals surface area (Å²) in [5, 5.41) is 0.911. The number of benzene rings is 1. The minimum Gasteiger partial charge on any atom is -0.426 e. The molecule has 228 valence electrons. The van der Waals surface area contributed by atoms with Crippen molar-refractivity contribution >= 4 is 51.3 Å². The van der Waals surface area contributed by atoms with E-state index in [1.807, 2.05) is 0 Å². The van der Waals surface area contributed by atoms with E-state index in [0.717, 1.165) is 4.90 Å². The topological polar surface area (TPSA) is 208 Å². The third-order valence-corrected chi connectivity index (χ3v) is 12.9. The maximum Gasteiger partial charge on any atom is 0.333 e. The number of hydrogen-bond donors (Lipinski definition) is 3. The number of rotatable bonds is 8. The van der Waals surface area contributed by atoms with E-state index in [1.54, 1.807) is 44.2 Å². The standard InChI is InChI=1S/C26H33N5O9S2/c1-25(2)16(30-20(34)15(21(30)41-25)29-18(32)14(28)12-8-6-5-7-9-12)23(35)39-11-40-24(36)17-26(3,4)42(37,38)22-13(10-27)19(33)31(17)22/h5-9,13-17,21-22H,10-11,27-28H2,1-4H3,(H,29,32)/t13-,14?,15?,16-,17-,21+,22+/m0/s1. The van der Waals surface area contributed by atoms with Crippen molar-refractivity contribution in [2.45, 2.75) is 72.1 Å². The van der Waals surface area contributed by atoms with Crippen molar-refractivity contribution in [1.29, 1.82) is 0 Å². The fourth-order valence-corrected chi connectivity index (χ4v) is 10.0. The van der Waals surface area contributed by atoms with Gasteiger partial charge in [-0.25, -0.2) is 18.0 Å². The van der Waals surface area contributed by atoms with Crippen molar-refractivity contribution in [1.82, 2.24) is 15.1 Å². The number of hydrogen-bond acceptors (Lipinski definition) is 12. The molecule has 0 radical (unpaired) electrons. The first-order chi connectivity index (χ1) is 19.6. The van der Waals surface area contributed by atoms with E-state index in [1.165, 1.54) is 30.5 Å². The molecule has 4 saturated heterocycles. The van der Waals surface area contributed by atoms with Crippen molar-refractivity contribution < 1.29 is 41.9 Å². The Kier molecular flexibility index (Phi) is 7.35. The minimum absolute atomic E-state index is 0.176. The quantitative estimate of drug-likeness (QED) is 0.173. The van der Waals surface area contributed by atoms with Crippen LogP contribution in [0.2, 0.25) is 0 Å². The van der Waals surface area contributed by atoms with Gasteiger partial charge in [0.25, 0.3) is 0 Å². The molecule has 16 heteroatoms. The summed E-state index contributed by atoms with van der Waals surface area (Å²) in [7, 11) is -3.94. The molecule has 0 saturated carbocycles. The number of nitrogens with zero attached hydrogens (tertiary/aromatic N) is 2. The molecule has 1 aromatic rings. The van der Waals surface area contributed by atoms with E-state index in [0.29, 0.717) is 5.56 Å². The molecule has 5 rings (SSSR count). The largest absolute Gasteiger partial charge is 0.426 e. The lowest BCUT2D eigenvalue weighted by atomic mass is 9.92. The predicted octanol–water partition coefficient (Wildman–Crippen LogP) is -1.40. The Morgan fingerprint density at radius 2 is 1.60 bits per heavy atom. The zero-order valence-corrected chi connectivity index (χ0v) is 25.0. The molecule has 14 nitrogen and oxygen atoms in total. The summed E-state index contributed by atoms with van der Waals surface area (Å²) in [5.74, 6) is -4.40. The molecule has 4 fully saturated rings. The normalized spacial score (nSPS) is 32.1. The van der Waals surface area contributed by atoms with Crippen molar-refractivity contribution in [2.75, 3.05) is 13.3 Å². The Bertz CT molecular complexity index is 1450. The highest BCUT2D eigenvalue weighted by atomic mass is 32.2. The highest BCUT2D eigenvalue weighted by Crippen LogP contribution is 2.51. The second-order valence-electron chi connectivity index (χ2n) is 11.7. The fraction of sp³-hybridized carbons (Fsp3) is 0.577.